The molecule has 0 aliphatic carbocycles. The predicted octanol–water partition coefficient (Wildman–Crippen LogP) is 0.387. The summed E-state index contributed by atoms with van der Waals surface area (Å²) in [5, 5.41) is 4.19. The number of nitrogens with zero attached hydrogens (tertiary/aromatic N) is 3. The lowest BCUT2D eigenvalue weighted by Gasteiger charge is -2.24. The van der Waals surface area contributed by atoms with Gasteiger partial charge in [-0.1, -0.05) is 6.58 Å². The largest absolute Gasteiger partial charge is 0.384 e. The fraction of sp³-hybridized carbons (Fsp3) is 0.625. The Labute approximate surface area is 73.3 Å². The Bertz CT molecular complexity index is 181. The smallest absolute Gasteiger partial charge is 0.117 e. The van der Waals surface area contributed by atoms with Crippen LogP contribution in [0.5, 0.6) is 0 Å². The van der Waals surface area contributed by atoms with E-state index in [1.54, 1.807) is 6.34 Å². The quantitative estimate of drug-likeness (QED) is 0.489. The van der Waals surface area contributed by atoms with Crippen molar-refractivity contribution in [2.75, 3.05) is 20.1 Å². The first kappa shape index (κ1) is 9.06. The van der Waals surface area contributed by atoms with E-state index in [0.29, 0.717) is 5.82 Å². The molecule has 0 aromatic heterocycles. The van der Waals surface area contributed by atoms with E-state index in [0.717, 1.165) is 13.1 Å². The van der Waals surface area contributed by atoms with Gasteiger partial charge >= 0.3 is 0 Å². The maximum absolute atomic E-state index is 5.30. The first-order valence-electron chi connectivity index (χ1n) is 4.16. The van der Waals surface area contributed by atoms with E-state index in [1.807, 2.05) is 12.1 Å². The van der Waals surface area contributed by atoms with Crippen molar-refractivity contribution in [3.05, 3.63) is 12.4 Å². The van der Waals surface area contributed by atoms with Gasteiger partial charge in [-0.05, 0) is 12.8 Å². The molecule has 0 radical (unpaired) electrons. The third-order valence-corrected chi connectivity index (χ3v) is 1.92. The Morgan fingerprint density at radius 2 is 2.17 bits per heavy atom. The van der Waals surface area contributed by atoms with Crippen molar-refractivity contribution in [3.8, 4) is 0 Å². The molecule has 1 heterocycles. The van der Waals surface area contributed by atoms with E-state index in [9.17, 15) is 0 Å². The number of hydrogen-bond donors (Lipinski definition) is 1. The molecular weight excluding hydrogens is 152 g/mol. The highest BCUT2D eigenvalue weighted by Gasteiger charge is 2.13. The average molecular weight is 168 g/mol. The molecule has 1 saturated heterocycles. The van der Waals surface area contributed by atoms with Gasteiger partial charge in [0, 0.05) is 20.1 Å². The first-order chi connectivity index (χ1) is 5.70. The van der Waals surface area contributed by atoms with Crippen LogP contribution in [0.4, 0.5) is 0 Å². The van der Waals surface area contributed by atoms with Crippen molar-refractivity contribution < 1.29 is 0 Å². The summed E-state index contributed by atoms with van der Waals surface area (Å²) in [5.41, 5.74) is 5.30. The maximum Gasteiger partial charge on any atom is 0.117 e. The minimum absolute atomic E-state index is 0.348. The lowest BCUT2D eigenvalue weighted by atomic mass is 10.4. The minimum Gasteiger partial charge on any atom is -0.384 e. The molecule has 0 atom stereocenters. The summed E-state index contributed by atoms with van der Waals surface area (Å²) in [6.07, 6.45) is 4.23. The Hall–Kier alpha value is -1.03. The van der Waals surface area contributed by atoms with Crippen LogP contribution in [0.3, 0.4) is 0 Å². The van der Waals surface area contributed by atoms with Crippen LogP contribution in [0.1, 0.15) is 12.8 Å². The van der Waals surface area contributed by atoms with E-state index < -0.39 is 0 Å². The predicted molar refractivity (Wildman–Crippen MR) is 50.4 cm³/mol. The number of hydrogen-bond acceptors (Lipinski definition) is 3. The number of aliphatic imine (C=N–C) groups is 1. The molecule has 4 heteroatoms. The second-order valence-electron chi connectivity index (χ2n) is 2.97. The Morgan fingerprint density at radius 1 is 1.58 bits per heavy atom. The normalized spacial score (nSPS) is 18.8. The molecule has 0 bridgehead atoms. The molecule has 0 spiro atoms. The molecular formula is C8H16N4. The summed E-state index contributed by atoms with van der Waals surface area (Å²) in [6, 6.07) is 0. The highest BCUT2D eigenvalue weighted by Crippen LogP contribution is 2.07. The van der Waals surface area contributed by atoms with Crippen molar-refractivity contribution >= 4 is 6.34 Å². The van der Waals surface area contributed by atoms with Crippen LogP contribution in [-0.4, -0.2) is 36.5 Å². The fourth-order valence-electron chi connectivity index (χ4n) is 1.25. The average Bonchev–Trinajstić information content (AvgIpc) is 2.51. The third kappa shape index (κ3) is 2.54. The van der Waals surface area contributed by atoms with Crippen LogP contribution in [0.15, 0.2) is 17.4 Å². The first-order valence-corrected chi connectivity index (χ1v) is 4.16. The summed E-state index contributed by atoms with van der Waals surface area (Å²) in [5.74, 6) is 0.348. The van der Waals surface area contributed by atoms with Crippen LogP contribution in [0.2, 0.25) is 0 Å². The van der Waals surface area contributed by atoms with Crippen LogP contribution in [-0.2, 0) is 0 Å². The van der Waals surface area contributed by atoms with E-state index in [1.165, 1.54) is 12.8 Å². The van der Waals surface area contributed by atoms with Crippen molar-refractivity contribution in [2.24, 2.45) is 10.7 Å². The van der Waals surface area contributed by atoms with Gasteiger partial charge in [0.25, 0.3) is 0 Å². The van der Waals surface area contributed by atoms with E-state index >= 15 is 0 Å². The summed E-state index contributed by atoms with van der Waals surface area (Å²) >= 11 is 0. The van der Waals surface area contributed by atoms with Gasteiger partial charge in [-0.25, -0.2) is 10.0 Å². The van der Waals surface area contributed by atoms with E-state index in [4.69, 9.17) is 5.73 Å². The monoisotopic (exact) mass is 168 g/mol. The molecule has 1 rings (SSSR count). The van der Waals surface area contributed by atoms with Gasteiger partial charge in [-0.15, -0.1) is 0 Å². The van der Waals surface area contributed by atoms with Crippen molar-refractivity contribution in [2.45, 2.75) is 12.8 Å². The van der Waals surface area contributed by atoms with Crippen molar-refractivity contribution in [3.63, 3.8) is 0 Å². The van der Waals surface area contributed by atoms with Crippen molar-refractivity contribution in [1.82, 2.24) is 10.0 Å². The molecule has 2 N–H and O–H groups in total. The van der Waals surface area contributed by atoms with Crippen LogP contribution in [0, 0.1) is 0 Å². The van der Waals surface area contributed by atoms with Crippen LogP contribution >= 0.6 is 0 Å². The third-order valence-electron chi connectivity index (χ3n) is 1.92. The molecule has 1 fully saturated rings. The second-order valence-corrected chi connectivity index (χ2v) is 2.97. The molecule has 1 aliphatic rings. The molecule has 0 aromatic carbocycles. The van der Waals surface area contributed by atoms with Gasteiger partial charge in [-0.2, -0.15) is 0 Å². The summed E-state index contributed by atoms with van der Waals surface area (Å²) < 4.78 is 0. The summed E-state index contributed by atoms with van der Waals surface area (Å²) in [4.78, 5) is 3.91. The molecule has 0 aromatic rings. The molecule has 4 nitrogen and oxygen atoms in total. The molecule has 0 saturated carbocycles. The second kappa shape index (κ2) is 4.11. The molecule has 0 unspecified atom stereocenters. The summed E-state index contributed by atoms with van der Waals surface area (Å²) in [6.45, 7) is 5.71. The molecule has 0 amide bonds. The lowest BCUT2D eigenvalue weighted by Crippen LogP contribution is -2.36. The Balaban J connectivity index is 2.36. The van der Waals surface area contributed by atoms with E-state index in [2.05, 4.69) is 16.6 Å². The minimum atomic E-state index is 0.348. The molecule has 1 aliphatic heterocycles. The van der Waals surface area contributed by atoms with Gasteiger partial charge in [0.05, 0.1) is 0 Å². The van der Waals surface area contributed by atoms with Crippen molar-refractivity contribution in [1.29, 1.82) is 0 Å². The molecule has 68 valence electrons. The zero-order valence-corrected chi connectivity index (χ0v) is 7.53. The van der Waals surface area contributed by atoms with Gasteiger partial charge in [-0.3, -0.25) is 5.01 Å². The zero-order chi connectivity index (χ0) is 8.97. The van der Waals surface area contributed by atoms with Gasteiger partial charge in [0.1, 0.15) is 12.2 Å². The van der Waals surface area contributed by atoms with Crippen LogP contribution in [0.25, 0.3) is 0 Å². The Kier molecular flexibility index (Phi) is 3.10. The lowest BCUT2D eigenvalue weighted by molar-refractivity contribution is 0.109. The maximum atomic E-state index is 5.30. The van der Waals surface area contributed by atoms with Gasteiger partial charge in [0.2, 0.25) is 0 Å². The zero-order valence-electron chi connectivity index (χ0n) is 7.53. The van der Waals surface area contributed by atoms with Crippen LogP contribution < -0.4 is 5.73 Å². The van der Waals surface area contributed by atoms with Gasteiger partial charge < -0.3 is 5.73 Å². The Morgan fingerprint density at radius 3 is 2.67 bits per heavy atom. The van der Waals surface area contributed by atoms with Gasteiger partial charge in [0.15, 0.2) is 0 Å². The highest BCUT2D eigenvalue weighted by atomic mass is 15.6. The number of rotatable bonds is 3. The topological polar surface area (TPSA) is 44.9 Å². The SMILES string of the molecule is C=C(N)N=CN(C)N1CCCC1. The number of hydrazine groups is 1. The highest BCUT2D eigenvalue weighted by molar-refractivity contribution is 5.55. The standard InChI is InChI=1S/C8H16N4/c1-8(9)10-7-11(2)12-5-3-4-6-12/h7H,1,3-6,9H2,2H3. The summed E-state index contributed by atoms with van der Waals surface area (Å²) in [7, 11) is 1.97. The van der Waals surface area contributed by atoms with E-state index in [-0.39, 0.29) is 0 Å². The molecule has 12 heavy (non-hydrogen) atoms. The fourth-order valence-corrected chi connectivity index (χ4v) is 1.25. The number of nitrogens with two attached hydrogens (primary N) is 1.